The van der Waals surface area contributed by atoms with Crippen LogP contribution in [-0.4, -0.2) is 26.7 Å². The van der Waals surface area contributed by atoms with Gasteiger partial charge in [0.2, 0.25) is 5.91 Å². The molecular weight excluding hydrogens is 239 g/mol. The van der Waals surface area contributed by atoms with Crippen LogP contribution < -0.4 is 10.6 Å². The number of nitrogens with one attached hydrogen (secondary N) is 2. The molecule has 2 N–H and O–H groups in total. The fraction of sp³-hybridized carbons (Fsp3) is 0.143. The molecule has 2 aliphatic carbocycles. The van der Waals surface area contributed by atoms with Crippen LogP contribution in [0.25, 0.3) is 11.1 Å². The molecule has 94 valence electrons. The number of rotatable bonds is 3. The topological polar surface area (TPSA) is 58.2 Å². The lowest BCUT2D eigenvalue weighted by atomic mass is 10.0. The van der Waals surface area contributed by atoms with Gasteiger partial charge >= 0.3 is 0 Å². The Morgan fingerprint density at radius 3 is 2.47 bits per heavy atom. The molecule has 0 aliphatic heterocycles. The highest BCUT2D eigenvalue weighted by Gasteiger charge is 2.19. The molecule has 0 aromatic heterocycles. The van der Waals surface area contributed by atoms with E-state index < -0.39 is 0 Å². The van der Waals surface area contributed by atoms with Gasteiger partial charge in [0.1, 0.15) is 0 Å². The number of anilines is 1. The van der Waals surface area contributed by atoms with Crippen molar-refractivity contribution < 1.29 is 9.59 Å². The molecule has 0 aromatic carbocycles. The maximum atomic E-state index is 11.8. The van der Waals surface area contributed by atoms with E-state index in [2.05, 4.69) is 10.6 Å². The largest absolute Gasteiger partial charge is 0.355 e. The highest BCUT2D eigenvalue weighted by Crippen LogP contribution is 2.35. The number of hydrogen-bond donors (Lipinski definition) is 2. The van der Waals surface area contributed by atoms with Crippen molar-refractivity contribution in [3.8, 4) is 11.1 Å². The summed E-state index contributed by atoms with van der Waals surface area (Å²) in [6, 6.07) is 10.9. The van der Waals surface area contributed by atoms with Crippen LogP contribution in [0.4, 0.5) is 5.69 Å². The molecule has 2 aliphatic rings. The fourth-order valence-electron chi connectivity index (χ4n) is 1.94. The predicted octanol–water partition coefficient (Wildman–Crippen LogP) is 1.68. The van der Waals surface area contributed by atoms with Gasteiger partial charge in [0.05, 0.1) is 7.85 Å². The summed E-state index contributed by atoms with van der Waals surface area (Å²) in [7, 11) is 6.86. The van der Waals surface area contributed by atoms with E-state index in [-0.39, 0.29) is 18.1 Å². The Morgan fingerprint density at radius 1 is 1.16 bits per heavy atom. The van der Waals surface area contributed by atoms with E-state index in [4.69, 9.17) is 7.85 Å². The molecule has 0 spiro atoms. The van der Waals surface area contributed by atoms with Crippen molar-refractivity contribution >= 4 is 25.3 Å². The summed E-state index contributed by atoms with van der Waals surface area (Å²) in [6.45, 7) is 0. The Balaban J connectivity index is 2.54. The third-order valence-corrected chi connectivity index (χ3v) is 2.84. The van der Waals surface area contributed by atoms with Gasteiger partial charge in [-0.1, -0.05) is 30.3 Å². The van der Waals surface area contributed by atoms with E-state index in [1.165, 1.54) is 0 Å². The summed E-state index contributed by atoms with van der Waals surface area (Å²) in [4.78, 5) is 23.3. The van der Waals surface area contributed by atoms with Crippen LogP contribution in [0.2, 0.25) is 6.32 Å². The van der Waals surface area contributed by atoms with Gasteiger partial charge in [0, 0.05) is 23.9 Å². The Kier molecular flexibility index (Phi) is 3.85. The molecular formula is C14H13BN2O2. The quantitative estimate of drug-likeness (QED) is 0.816. The Bertz CT molecular complexity index is 598. The molecule has 19 heavy (non-hydrogen) atoms. The minimum atomic E-state index is -0.290. The maximum absolute atomic E-state index is 11.8. The molecule has 0 saturated carbocycles. The van der Waals surface area contributed by atoms with Crippen molar-refractivity contribution in [2.24, 2.45) is 0 Å². The first-order valence-corrected chi connectivity index (χ1v) is 5.91. The Hall–Kier alpha value is -2.30. The normalized spacial score (nSPS) is 10.2. The van der Waals surface area contributed by atoms with Crippen LogP contribution in [0.3, 0.4) is 0 Å². The van der Waals surface area contributed by atoms with E-state index in [1.54, 1.807) is 13.1 Å². The van der Waals surface area contributed by atoms with Gasteiger partial charge in [-0.05, 0) is 17.9 Å². The Labute approximate surface area is 113 Å². The smallest absolute Gasteiger partial charge is 0.251 e. The number of amides is 2. The summed E-state index contributed by atoms with van der Waals surface area (Å²) in [5.41, 5.74) is 2.73. The summed E-state index contributed by atoms with van der Waals surface area (Å²) in [5, 5.41) is 5.29. The molecule has 0 aromatic rings. The zero-order chi connectivity index (χ0) is 13.8. The second kappa shape index (κ2) is 5.56. The number of fused-ring (bicyclic) bond motifs is 1. The summed E-state index contributed by atoms with van der Waals surface area (Å²) < 4.78 is 0. The lowest BCUT2D eigenvalue weighted by molar-refractivity contribution is -0.114. The SMILES string of the molecule is [B]CC(=O)Nc1cc(C(=O)NC)c2cccccc1-2. The van der Waals surface area contributed by atoms with Gasteiger partial charge in [-0.25, -0.2) is 0 Å². The van der Waals surface area contributed by atoms with Gasteiger partial charge in [-0.3, -0.25) is 9.59 Å². The third kappa shape index (κ3) is 2.60. The Morgan fingerprint density at radius 2 is 1.84 bits per heavy atom. The highest BCUT2D eigenvalue weighted by atomic mass is 16.2. The first-order valence-electron chi connectivity index (χ1n) is 5.91. The lowest BCUT2D eigenvalue weighted by Crippen LogP contribution is -2.17. The first kappa shape index (κ1) is 13.1. The minimum absolute atomic E-state index is 0.0963. The number of carbonyl (C=O) groups is 2. The first-order chi connectivity index (χ1) is 9.17. The van der Waals surface area contributed by atoms with Crippen LogP contribution in [0.5, 0.6) is 0 Å². The van der Waals surface area contributed by atoms with Gasteiger partial charge < -0.3 is 10.6 Å². The highest BCUT2D eigenvalue weighted by molar-refractivity contribution is 6.22. The molecule has 0 saturated heterocycles. The maximum Gasteiger partial charge on any atom is 0.251 e. The monoisotopic (exact) mass is 252 g/mol. The lowest BCUT2D eigenvalue weighted by Gasteiger charge is -2.03. The van der Waals surface area contributed by atoms with Gasteiger partial charge in [-0.15, -0.1) is 0 Å². The third-order valence-electron chi connectivity index (χ3n) is 2.84. The summed E-state index contributed by atoms with van der Waals surface area (Å²) >= 11 is 0. The van der Waals surface area contributed by atoms with Gasteiger partial charge in [-0.2, -0.15) is 0 Å². The van der Waals surface area contributed by atoms with Crippen molar-refractivity contribution in [3.63, 3.8) is 0 Å². The molecule has 0 fully saturated rings. The van der Waals surface area contributed by atoms with E-state index in [9.17, 15) is 9.59 Å². The van der Waals surface area contributed by atoms with Crippen LogP contribution in [0.1, 0.15) is 10.4 Å². The van der Waals surface area contributed by atoms with Crippen molar-refractivity contribution in [2.75, 3.05) is 12.4 Å². The molecule has 5 heteroatoms. The minimum Gasteiger partial charge on any atom is -0.355 e. The van der Waals surface area contributed by atoms with E-state index in [0.29, 0.717) is 11.3 Å². The van der Waals surface area contributed by atoms with Crippen molar-refractivity contribution in [2.45, 2.75) is 6.32 Å². The van der Waals surface area contributed by atoms with Crippen molar-refractivity contribution in [1.82, 2.24) is 5.32 Å². The van der Waals surface area contributed by atoms with Crippen molar-refractivity contribution in [3.05, 3.63) is 42.0 Å². The summed E-state index contributed by atoms with van der Waals surface area (Å²) in [5.74, 6) is -0.480. The molecule has 2 rings (SSSR count). The van der Waals surface area contributed by atoms with Crippen LogP contribution >= 0.6 is 0 Å². The van der Waals surface area contributed by atoms with E-state index in [0.717, 1.165) is 11.1 Å². The number of carbonyl (C=O) groups excluding carboxylic acids is 2. The molecule has 0 bridgehead atoms. The number of hydrogen-bond acceptors (Lipinski definition) is 2. The molecule has 0 atom stereocenters. The predicted molar refractivity (Wildman–Crippen MR) is 75.6 cm³/mol. The van der Waals surface area contributed by atoms with Gasteiger partial charge in [0.25, 0.3) is 5.91 Å². The van der Waals surface area contributed by atoms with Gasteiger partial charge in [0.15, 0.2) is 0 Å². The van der Waals surface area contributed by atoms with E-state index >= 15 is 0 Å². The van der Waals surface area contributed by atoms with Crippen LogP contribution in [0.15, 0.2) is 36.4 Å². The summed E-state index contributed by atoms with van der Waals surface area (Å²) in [6.07, 6.45) is -0.0963. The van der Waals surface area contributed by atoms with Crippen LogP contribution in [-0.2, 0) is 4.79 Å². The second-order valence-electron chi connectivity index (χ2n) is 4.04. The van der Waals surface area contributed by atoms with Crippen LogP contribution in [0, 0.1) is 0 Å². The second-order valence-corrected chi connectivity index (χ2v) is 4.04. The molecule has 2 radical (unpaired) electrons. The standard InChI is InChI=1S/C14H13BN2O2/c1-16-14(19)11-7-12(17-13(18)8-15)10-6-4-2-3-5-9(10)11/h2-7H,8H2,1H3,(H,16,19)(H,17,18). The average molecular weight is 252 g/mol. The zero-order valence-electron chi connectivity index (χ0n) is 10.6. The molecule has 4 nitrogen and oxygen atoms in total. The fourth-order valence-corrected chi connectivity index (χ4v) is 1.94. The average Bonchev–Trinajstić information content (AvgIpc) is 2.62. The molecule has 0 heterocycles. The zero-order valence-corrected chi connectivity index (χ0v) is 10.6. The molecule has 0 unspecified atom stereocenters. The van der Waals surface area contributed by atoms with Crippen molar-refractivity contribution in [1.29, 1.82) is 0 Å². The van der Waals surface area contributed by atoms with E-state index in [1.807, 2.05) is 30.3 Å². The molecule has 2 amide bonds.